The van der Waals surface area contributed by atoms with E-state index in [0.29, 0.717) is 11.6 Å². The van der Waals surface area contributed by atoms with Crippen molar-refractivity contribution in [2.75, 3.05) is 7.11 Å². The molecule has 0 spiro atoms. The van der Waals surface area contributed by atoms with E-state index in [1.54, 1.807) is 0 Å². The molecule has 0 saturated heterocycles. The molecule has 0 aromatic carbocycles. The van der Waals surface area contributed by atoms with E-state index >= 15 is 0 Å². The van der Waals surface area contributed by atoms with Gasteiger partial charge in [-0.2, -0.15) is 0 Å². The van der Waals surface area contributed by atoms with Crippen molar-refractivity contribution >= 4 is 5.97 Å². The Hall–Kier alpha value is -0.990. The first-order valence-corrected chi connectivity index (χ1v) is 4.10. The van der Waals surface area contributed by atoms with Crippen molar-refractivity contribution in [3.63, 3.8) is 0 Å². The smallest absolute Gasteiger partial charge is 0.332 e. The maximum absolute atomic E-state index is 10.7. The summed E-state index contributed by atoms with van der Waals surface area (Å²) in [5.74, 6) is 0.228. The molecular weight excluding hydrogens is 154 g/mol. The summed E-state index contributed by atoms with van der Waals surface area (Å²) in [4.78, 5) is 10.7. The van der Waals surface area contributed by atoms with Gasteiger partial charge in [0.05, 0.1) is 7.11 Å². The summed E-state index contributed by atoms with van der Waals surface area (Å²) in [6, 6.07) is 0. The minimum absolute atomic E-state index is 0.378. The van der Waals surface area contributed by atoms with Crippen LogP contribution >= 0.6 is 0 Å². The summed E-state index contributed by atoms with van der Waals surface area (Å²) < 4.78 is 4.43. The molecule has 3 nitrogen and oxygen atoms in total. The van der Waals surface area contributed by atoms with Gasteiger partial charge in [0.2, 0.25) is 0 Å². The van der Waals surface area contributed by atoms with Crippen LogP contribution in [0, 0.1) is 5.92 Å². The van der Waals surface area contributed by atoms with Crippen molar-refractivity contribution in [2.24, 2.45) is 11.7 Å². The molecule has 0 heterocycles. The van der Waals surface area contributed by atoms with Crippen LogP contribution in [0.5, 0.6) is 0 Å². The van der Waals surface area contributed by atoms with Gasteiger partial charge < -0.3 is 10.5 Å². The van der Waals surface area contributed by atoms with E-state index < -0.39 is 0 Å². The van der Waals surface area contributed by atoms with Crippen molar-refractivity contribution in [2.45, 2.75) is 26.7 Å². The number of carbonyl (C=O) groups is 1. The van der Waals surface area contributed by atoms with Crippen LogP contribution in [0.4, 0.5) is 0 Å². The number of carbonyl (C=O) groups excluding carboxylic acids is 1. The summed E-state index contributed by atoms with van der Waals surface area (Å²) in [7, 11) is 1.34. The van der Waals surface area contributed by atoms with Gasteiger partial charge in [-0.3, -0.25) is 0 Å². The van der Waals surface area contributed by atoms with Gasteiger partial charge in [-0.1, -0.05) is 13.8 Å². The highest BCUT2D eigenvalue weighted by Crippen LogP contribution is 2.07. The van der Waals surface area contributed by atoms with Crippen molar-refractivity contribution in [1.82, 2.24) is 0 Å². The third kappa shape index (κ3) is 5.77. The number of ether oxygens (including phenoxy) is 1. The van der Waals surface area contributed by atoms with E-state index in [1.165, 1.54) is 13.2 Å². The number of rotatable bonds is 4. The molecule has 0 unspecified atom stereocenters. The second kappa shape index (κ2) is 5.63. The Kier molecular flexibility index (Phi) is 5.17. The fourth-order valence-corrected chi connectivity index (χ4v) is 0.738. The zero-order valence-corrected chi connectivity index (χ0v) is 7.96. The predicted molar refractivity (Wildman–Crippen MR) is 48.4 cm³/mol. The molecule has 0 aliphatic carbocycles. The average Bonchev–Trinajstić information content (AvgIpc) is 2.00. The SMILES string of the molecule is COC(=O)/C=C(/N)CCC(C)C. The maximum Gasteiger partial charge on any atom is 0.332 e. The van der Waals surface area contributed by atoms with E-state index in [-0.39, 0.29) is 5.97 Å². The van der Waals surface area contributed by atoms with Crippen LogP contribution in [0.15, 0.2) is 11.8 Å². The molecule has 0 fully saturated rings. The Morgan fingerprint density at radius 3 is 2.58 bits per heavy atom. The molecule has 70 valence electrons. The van der Waals surface area contributed by atoms with Crippen LogP contribution in [0.3, 0.4) is 0 Å². The average molecular weight is 171 g/mol. The van der Waals surface area contributed by atoms with Gasteiger partial charge in [0, 0.05) is 11.8 Å². The zero-order chi connectivity index (χ0) is 9.56. The van der Waals surface area contributed by atoms with Gasteiger partial charge in [0.25, 0.3) is 0 Å². The largest absolute Gasteiger partial charge is 0.466 e. The minimum atomic E-state index is -0.378. The van der Waals surface area contributed by atoms with Crippen molar-refractivity contribution < 1.29 is 9.53 Å². The molecule has 0 amide bonds. The first kappa shape index (κ1) is 11.0. The summed E-state index contributed by atoms with van der Waals surface area (Å²) in [5.41, 5.74) is 6.15. The van der Waals surface area contributed by atoms with Crippen LogP contribution in [0.1, 0.15) is 26.7 Å². The molecule has 0 rings (SSSR count). The number of allylic oxidation sites excluding steroid dienone is 1. The molecule has 0 saturated carbocycles. The summed E-state index contributed by atoms with van der Waals surface area (Å²) in [6.07, 6.45) is 3.09. The minimum Gasteiger partial charge on any atom is -0.466 e. The third-order valence-corrected chi connectivity index (χ3v) is 1.51. The molecule has 0 bridgehead atoms. The lowest BCUT2D eigenvalue weighted by molar-refractivity contribution is -0.134. The van der Waals surface area contributed by atoms with Crippen molar-refractivity contribution in [3.05, 3.63) is 11.8 Å². The van der Waals surface area contributed by atoms with Gasteiger partial charge in [-0.05, 0) is 18.8 Å². The van der Waals surface area contributed by atoms with Crippen LogP contribution < -0.4 is 5.73 Å². The highest BCUT2D eigenvalue weighted by molar-refractivity contribution is 5.82. The molecule has 2 N–H and O–H groups in total. The topological polar surface area (TPSA) is 52.3 Å². The lowest BCUT2D eigenvalue weighted by Gasteiger charge is -2.03. The molecule has 0 aliphatic heterocycles. The van der Waals surface area contributed by atoms with Gasteiger partial charge in [-0.15, -0.1) is 0 Å². The maximum atomic E-state index is 10.7. The Morgan fingerprint density at radius 2 is 2.17 bits per heavy atom. The fraction of sp³-hybridized carbons (Fsp3) is 0.667. The number of nitrogens with two attached hydrogens (primary N) is 1. The fourth-order valence-electron chi connectivity index (χ4n) is 0.738. The second-order valence-corrected chi connectivity index (χ2v) is 3.17. The van der Waals surface area contributed by atoms with Gasteiger partial charge >= 0.3 is 5.97 Å². The predicted octanol–water partition coefficient (Wildman–Crippen LogP) is 1.44. The molecule has 12 heavy (non-hydrogen) atoms. The van der Waals surface area contributed by atoms with Crippen molar-refractivity contribution in [3.8, 4) is 0 Å². The lowest BCUT2D eigenvalue weighted by Crippen LogP contribution is -2.04. The van der Waals surface area contributed by atoms with Crippen molar-refractivity contribution in [1.29, 1.82) is 0 Å². The summed E-state index contributed by atoms with van der Waals surface area (Å²) in [5, 5.41) is 0. The van der Waals surface area contributed by atoms with E-state index in [4.69, 9.17) is 5.73 Å². The third-order valence-electron chi connectivity index (χ3n) is 1.51. The second-order valence-electron chi connectivity index (χ2n) is 3.17. The van der Waals surface area contributed by atoms with Gasteiger partial charge in [0.15, 0.2) is 0 Å². The molecular formula is C9H17NO2. The Labute approximate surface area is 73.6 Å². The molecule has 0 aromatic rings. The normalized spacial score (nSPS) is 11.8. The summed E-state index contributed by atoms with van der Waals surface area (Å²) >= 11 is 0. The van der Waals surface area contributed by atoms with Crippen LogP contribution in [0.2, 0.25) is 0 Å². The Bertz CT molecular complexity index is 173. The van der Waals surface area contributed by atoms with Crippen LogP contribution in [-0.2, 0) is 9.53 Å². The monoisotopic (exact) mass is 171 g/mol. The van der Waals surface area contributed by atoms with Crippen LogP contribution in [-0.4, -0.2) is 13.1 Å². The highest BCUT2D eigenvalue weighted by Gasteiger charge is 1.99. The number of hydrogen-bond donors (Lipinski definition) is 1. The number of esters is 1. The van der Waals surface area contributed by atoms with Gasteiger partial charge in [-0.25, -0.2) is 4.79 Å². The molecule has 0 aromatic heterocycles. The molecule has 3 heteroatoms. The van der Waals surface area contributed by atoms with E-state index in [1.807, 2.05) is 0 Å². The number of hydrogen-bond acceptors (Lipinski definition) is 3. The zero-order valence-electron chi connectivity index (χ0n) is 7.96. The quantitative estimate of drug-likeness (QED) is 0.514. The Balaban J connectivity index is 3.78. The standard InChI is InChI=1S/C9H17NO2/c1-7(2)4-5-8(10)6-9(11)12-3/h6-7H,4-5,10H2,1-3H3/b8-6+. The van der Waals surface area contributed by atoms with Gasteiger partial charge in [0.1, 0.15) is 0 Å². The Morgan fingerprint density at radius 1 is 1.58 bits per heavy atom. The first-order chi connectivity index (χ1) is 5.56. The van der Waals surface area contributed by atoms with E-state index in [2.05, 4.69) is 18.6 Å². The molecule has 0 radical (unpaired) electrons. The molecule has 0 atom stereocenters. The van der Waals surface area contributed by atoms with E-state index in [0.717, 1.165) is 12.8 Å². The highest BCUT2D eigenvalue weighted by atomic mass is 16.5. The lowest BCUT2D eigenvalue weighted by atomic mass is 10.1. The number of methoxy groups -OCH3 is 1. The molecule has 0 aliphatic rings. The van der Waals surface area contributed by atoms with E-state index in [9.17, 15) is 4.79 Å². The van der Waals surface area contributed by atoms with Crippen LogP contribution in [0.25, 0.3) is 0 Å². The first-order valence-electron chi connectivity index (χ1n) is 4.10. The summed E-state index contributed by atoms with van der Waals surface area (Å²) in [6.45, 7) is 4.23.